The Labute approximate surface area is 90.4 Å². The summed E-state index contributed by atoms with van der Waals surface area (Å²) < 4.78 is 25.9. The molecule has 0 fully saturated rings. The molecule has 0 radical (unpaired) electrons. The van der Waals surface area contributed by atoms with Crippen molar-refractivity contribution in [1.82, 2.24) is 9.97 Å². The van der Waals surface area contributed by atoms with E-state index in [-0.39, 0.29) is 12.2 Å². The smallest absolute Gasteiger partial charge is 0.224 e. The summed E-state index contributed by atoms with van der Waals surface area (Å²) in [5.74, 6) is -1.79. The quantitative estimate of drug-likeness (QED) is 0.789. The summed E-state index contributed by atoms with van der Waals surface area (Å²) in [4.78, 5) is 7.00. The Morgan fingerprint density at radius 2 is 2.00 bits per heavy atom. The Bertz CT molecular complexity index is 517. The van der Waals surface area contributed by atoms with Crippen molar-refractivity contribution >= 4 is 0 Å². The number of halogens is 2. The fraction of sp³-hybridized carbons (Fsp3) is 0.0909. The molecule has 3 nitrogen and oxygen atoms in total. The van der Waals surface area contributed by atoms with Gasteiger partial charge in [-0.15, -0.1) is 0 Å². The molecule has 2 rings (SSSR count). The topological polar surface area (TPSA) is 46.0 Å². The molecule has 2 aromatic rings. The highest BCUT2D eigenvalue weighted by Gasteiger charge is 2.09. The molecule has 1 N–H and O–H groups in total. The molecule has 16 heavy (non-hydrogen) atoms. The summed E-state index contributed by atoms with van der Waals surface area (Å²) in [5.41, 5.74) is 1.03. The molecule has 0 saturated heterocycles. The Balaban J connectivity index is 2.49. The lowest BCUT2D eigenvalue weighted by molar-refractivity contribution is 0.282. The number of rotatable bonds is 2. The van der Waals surface area contributed by atoms with Crippen LogP contribution in [0.4, 0.5) is 8.78 Å². The molecule has 0 aliphatic rings. The molecule has 0 spiro atoms. The average molecular weight is 222 g/mol. The molecule has 0 unspecified atom stereocenters. The van der Waals surface area contributed by atoms with Gasteiger partial charge in [0, 0.05) is 6.20 Å². The van der Waals surface area contributed by atoms with Gasteiger partial charge in [-0.1, -0.05) is 0 Å². The minimum atomic E-state index is -0.914. The van der Waals surface area contributed by atoms with Crippen molar-refractivity contribution in [3.8, 4) is 11.3 Å². The molecule has 0 aliphatic carbocycles. The third-order valence-corrected chi connectivity index (χ3v) is 2.10. The van der Waals surface area contributed by atoms with Gasteiger partial charge in [-0.2, -0.15) is 13.8 Å². The minimum Gasteiger partial charge on any atom is -0.392 e. The van der Waals surface area contributed by atoms with E-state index in [9.17, 15) is 8.78 Å². The van der Waals surface area contributed by atoms with Gasteiger partial charge in [-0.25, -0.2) is 0 Å². The van der Waals surface area contributed by atoms with Gasteiger partial charge in [-0.3, -0.25) is 4.98 Å². The SMILES string of the molecule is OCc1ccnc(-c2ccc(F)nc2F)c1. The molecule has 0 atom stereocenters. The predicted octanol–water partition coefficient (Wildman–Crippen LogP) is 1.91. The zero-order valence-corrected chi connectivity index (χ0v) is 8.19. The van der Waals surface area contributed by atoms with Gasteiger partial charge in [0.1, 0.15) is 0 Å². The fourth-order valence-corrected chi connectivity index (χ4v) is 1.32. The number of aromatic nitrogens is 2. The third kappa shape index (κ3) is 2.04. The van der Waals surface area contributed by atoms with E-state index in [1.54, 1.807) is 6.07 Å². The van der Waals surface area contributed by atoms with Gasteiger partial charge >= 0.3 is 0 Å². The molecule has 82 valence electrons. The van der Waals surface area contributed by atoms with E-state index >= 15 is 0 Å². The van der Waals surface area contributed by atoms with E-state index < -0.39 is 11.9 Å². The van der Waals surface area contributed by atoms with Crippen LogP contribution in [-0.2, 0) is 6.61 Å². The van der Waals surface area contributed by atoms with Crippen LogP contribution in [0, 0.1) is 11.9 Å². The highest BCUT2D eigenvalue weighted by molar-refractivity contribution is 5.58. The van der Waals surface area contributed by atoms with Crippen LogP contribution in [0.25, 0.3) is 11.3 Å². The maximum Gasteiger partial charge on any atom is 0.224 e. The summed E-state index contributed by atoms with van der Waals surface area (Å²) in [6, 6.07) is 5.46. The molecule has 2 heterocycles. The van der Waals surface area contributed by atoms with Crippen LogP contribution in [0.1, 0.15) is 5.56 Å². The minimum absolute atomic E-state index is 0.108. The van der Waals surface area contributed by atoms with E-state index in [0.717, 1.165) is 6.07 Å². The van der Waals surface area contributed by atoms with Crippen molar-refractivity contribution in [2.75, 3.05) is 0 Å². The van der Waals surface area contributed by atoms with Crippen LogP contribution in [0.15, 0.2) is 30.5 Å². The Morgan fingerprint density at radius 1 is 1.19 bits per heavy atom. The Morgan fingerprint density at radius 3 is 2.69 bits per heavy atom. The first kappa shape index (κ1) is 10.6. The number of hydrogen-bond acceptors (Lipinski definition) is 3. The van der Waals surface area contributed by atoms with Crippen LogP contribution in [0.3, 0.4) is 0 Å². The lowest BCUT2D eigenvalue weighted by atomic mass is 10.1. The van der Waals surface area contributed by atoms with E-state index in [4.69, 9.17) is 5.11 Å². The van der Waals surface area contributed by atoms with Gasteiger partial charge in [0.2, 0.25) is 11.9 Å². The first-order chi connectivity index (χ1) is 7.70. The van der Waals surface area contributed by atoms with Crippen molar-refractivity contribution in [3.05, 3.63) is 47.9 Å². The van der Waals surface area contributed by atoms with Crippen LogP contribution >= 0.6 is 0 Å². The third-order valence-electron chi connectivity index (χ3n) is 2.10. The van der Waals surface area contributed by atoms with Gasteiger partial charge in [0.05, 0.1) is 17.9 Å². The summed E-state index contributed by atoms with van der Waals surface area (Å²) >= 11 is 0. The monoisotopic (exact) mass is 222 g/mol. The van der Waals surface area contributed by atoms with Crippen molar-refractivity contribution in [2.45, 2.75) is 6.61 Å². The van der Waals surface area contributed by atoms with Crippen LogP contribution in [-0.4, -0.2) is 15.1 Å². The van der Waals surface area contributed by atoms with E-state index in [2.05, 4.69) is 9.97 Å². The average Bonchev–Trinajstić information content (AvgIpc) is 2.29. The molecule has 0 aromatic carbocycles. The molecule has 0 amide bonds. The van der Waals surface area contributed by atoms with Crippen LogP contribution < -0.4 is 0 Å². The first-order valence-corrected chi connectivity index (χ1v) is 4.59. The lowest BCUT2D eigenvalue weighted by Gasteiger charge is -2.03. The largest absolute Gasteiger partial charge is 0.392 e. The molecule has 0 bridgehead atoms. The number of hydrogen-bond donors (Lipinski definition) is 1. The highest BCUT2D eigenvalue weighted by Crippen LogP contribution is 2.20. The molecule has 5 heteroatoms. The first-order valence-electron chi connectivity index (χ1n) is 4.59. The van der Waals surface area contributed by atoms with E-state index in [0.29, 0.717) is 11.3 Å². The van der Waals surface area contributed by atoms with E-state index in [1.807, 2.05) is 0 Å². The van der Waals surface area contributed by atoms with Gasteiger partial charge in [0.25, 0.3) is 0 Å². The molecule has 0 saturated carbocycles. The number of nitrogens with zero attached hydrogens (tertiary/aromatic N) is 2. The predicted molar refractivity (Wildman–Crippen MR) is 53.3 cm³/mol. The Kier molecular flexibility index (Phi) is 2.87. The Hall–Kier alpha value is -1.88. The zero-order chi connectivity index (χ0) is 11.5. The molecule has 2 aromatic heterocycles. The van der Waals surface area contributed by atoms with Gasteiger partial charge < -0.3 is 5.11 Å². The van der Waals surface area contributed by atoms with E-state index in [1.165, 1.54) is 18.3 Å². The molecular formula is C11H8F2N2O. The number of pyridine rings is 2. The summed E-state index contributed by atoms with van der Waals surface area (Å²) in [6.45, 7) is -0.161. The lowest BCUT2D eigenvalue weighted by Crippen LogP contribution is -1.95. The van der Waals surface area contributed by atoms with Crippen LogP contribution in [0.5, 0.6) is 0 Å². The second-order valence-electron chi connectivity index (χ2n) is 3.18. The summed E-state index contributed by atoms with van der Waals surface area (Å²) in [5, 5.41) is 8.93. The van der Waals surface area contributed by atoms with Gasteiger partial charge in [0.15, 0.2) is 0 Å². The number of aliphatic hydroxyl groups excluding tert-OH is 1. The van der Waals surface area contributed by atoms with Crippen molar-refractivity contribution in [3.63, 3.8) is 0 Å². The normalized spacial score (nSPS) is 10.4. The second kappa shape index (κ2) is 4.32. The maximum atomic E-state index is 13.3. The summed E-state index contributed by atoms with van der Waals surface area (Å²) in [7, 11) is 0. The maximum absolute atomic E-state index is 13.3. The van der Waals surface area contributed by atoms with Gasteiger partial charge in [-0.05, 0) is 29.8 Å². The van der Waals surface area contributed by atoms with Crippen molar-refractivity contribution in [1.29, 1.82) is 0 Å². The van der Waals surface area contributed by atoms with Crippen LogP contribution in [0.2, 0.25) is 0 Å². The van der Waals surface area contributed by atoms with Crippen molar-refractivity contribution < 1.29 is 13.9 Å². The summed E-state index contributed by atoms with van der Waals surface area (Å²) in [6.07, 6.45) is 1.45. The number of aliphatic hydroxyl groups is 1. The standard InChI is InChI=1S/C11H8F2N2O/c12-10-2-1-8(11(13)15-10)9-5-7(6-16)3-4-14-9/h1-5,16H,6H2. The highest BCUT2D eigenvalue weighted by atomic mass is 19.1. The molecular weight excluding hydrogens is 214 g/mol. The van der Waals surface area contributed by atoms with Crippen molar-refractivity contribution in [2.24, 2.45) is 0 Å². The fourth-order valence-electron chi connectivity index (χ4n) is 1.32. The zero-order valence-electron chi connectivity index (χ0n) is 8.19. The molecule has 0 aliphatic heterocycles. The second-order valence-corrected chi connectivity index (χ2v) is 3.18.